The number of hydrogen-bond donors (Lipinski definition) is 1. The van der Waals surface area contributed by atoms with Crippen molar-refractivity contribution in [2.45, 2.75) is 84.7 Å². The molecular weight excluding hydrogens is 272 g/mol. The molecule has 0 radical (unpaired) electrons. The molecule has 0 saturated heterocycles. The summed E-state index contributed by atoms with van der Waals surface area (Å²) in [6.45, 7) is 8.98. The largest absolute Gasteiger partial charge is 0.390 e. The minimum atomic E-state index is -0.446. The number of ketones is 1. The van der Waals surface area contributed by atoms with Gasteiger partial charge in [0.2, 0.25) is 0 Å². The Bertz CT molecular complexity index is 520. The number of rotatable bonds is 0. The molecule has 5 fully saturated rings. The van der Waals surface area contributed by atoms with Gasteiger partial charge in [0.05, 0.1) is 5.60 Å². The van der Waals surface area contributed by atoms with Gasteiger partial charge in [0.15, 0.2) is 0 Å². The number of carbonyl (C=O) groups is 1. The first-order valence-corrected chi connectivity index (χ1v) is 9.38. The van der Waals surface area contributed by atoms with Crippen molar-refractivity contribution in [1.29, 1.82) is 0 Å². The molecule has 2 bridgehead atoms. The van der Waals surface area contributed by atoms with Crippen LogP contribution in [0.4, 0.5) is 0 Å². The number of fused-ring (bicyclic) bond motifs is 3. The summed E-state index contributed by atoms with van der Waals surface area (Å²) in [5.74, 6) is 2.24. The molecule has 124 valence electrons. The Morgan fingerprint density at radius 2 is 1.68 bits per heavy atom. The highest BCUT2D eigenvalue weighted by atomic mass is 16.3. The van der Waals surface area contributed by atoms with E-state index in [9.17, 15) is 9.90 Å². The van der Waals surface area contributed by atoms with Gasteiger partial charge in [-0.1, -0.05) is 20.8 Å². The minimum Gasteiger partial charge on any atom is -0.390 e. The molecule has 5 rings (SSSR count). The summed E-state index contributed by atoms with van der Waals surface area (Å²) in [4.78, 5) is 12.5. The molecule has 2 heteroatoms. The van der Waals surface area contributed by atoms with E-state index in [0.29, 0.717) is 28.4 Å². The maximum atomic E-state index is 12.5. The van der Waals surface area contributed by atoms with Gasteiger partial charge in [0.1, 0.15) is 5.78 Å². The molecule has 0 amide bonds. The molecule has 5 saturated carbocycles. The average Bonchev–Trinajstić information content (AvgIpc) is 2.42. The lowest BCUT2D eigenvalue weighted by atomic mass is 9.36. The summed E-state index contributed by atoms with van der Waals surface area (Å²) in [5, 5.41) is 10.9. The van der Waals surface area contributed by atoms with Crippen molar-refractivity contribution in [3.05, 3.63) is 0 Å². The van der Waals surface area contributed by atoms with Gasteiger partial charge in [-0.05, 0) is 80.5 Å². The van der Waals surface area contributed by atoms with Gasteiger partial charge in [-0.2, -0.15) is 0 Å². The summed E-state index contributed by atoms with van der Waals surface area (Å²) < 4.78 is 0. The van der Waals surface area contributed by atoms with E-state index in [1.807, 2.05) is 0 Å². The minimum absolute atomic E-state index is 0.145. The van der Waals surface area contributed by atoms with Crippen molar-refractivity contribution in [2.75, 3.05) is 0 Å². The fraction of sp³-hybridized carbons (Fsp3) is 0.950. The van der Waals surface area contributed by atoms with Gasteiger partial charge >= 0.3 is 0 Å². The van der Waals surface area contributed by atoms with Crippen LogP contribution in [0, 0.1) is 34.0 Å². The third-order valence-electron chi connectivity index (χ3n) is 8.84. The smallest absolute Gasteiger partial charge is 0.138 e. The fourth-order valence-corrected chi connectivity index (χ4v) is 7.72. The van der Waals surface area contributed by atoms with E-state index in [1.54, 1.807) is 0 Å². The van der Waals surface area contributed by atoms with Crippen LogP contribution < -0.4 is 0 Å². The quantitative estimate of drug-likeness (QED) is 0.722. The first-order chi connectivity index (χ1) is 10.1. The topological polar surface area (TPSA) is 37.3 Å². The van der Waals surface area contributed by atoms with Crippen LogP contribution in [0.3, 0.4) is 0 Å². The van der Waals surface area contributed by atoms with Crippen LogP contribution in [0.5, 0.6) is 0 Å². The lowest BCUT2D eigenvalue weighted by Crippen LogP contribution is -2.65. The Morgan fingerprint density at radius 1 is 1.00 bits per heavy atom. The van der Waals surface area contributed by atoms with Gasteiger partial charge in [0, 0.05) is 11.8 Å². The number of aliphatic hydroxyl groups is 1. The lowest BCUT2D eigenvalue weighted by molar-refractivity contribution is -0.227. The van der Waals surface area contributed by atoms with E-state index >= 15 is 0 Å². The van der Waals surface area contributed by atoms with Gasteiger partial charge in [-0.15, -0.1) is 0 Å². The molecule has 6 unspecified atom stereocenters. The Hall–Kier alpha value is -0.370. The molecule has 5 aliphatic carbocycles. The van der Waals surface area contributed by atoms with Gasteiger partial charge in [-0.3, -0.25) is 4.79 Å². The maximum absolute atomic E-state index is 12.5. The molecule has 2 nitrogen and oxygen atoms in total. The highest BCUT2D eigenvalue weighted by Crippen LogP contribution is 2.72. The zero-order chi connectivity index (χ0) is 16.0. The second-order valence-corrected chi connectivity index (χ2v) is 10.2. The predicted molar refractivity (Wildman–Crippen MR) is 87.4 cm³/mol. The lowest BCUT2D eigenvalue weighted by Gasteiger charge is -2.69. The first kappa shape index (κ1) is 15.2. The van der Waals surface area contributed by atoms with Crippen LogP contribution in [0.25, 0.3) is 0 Å². The van der Waals surface area contributed by atoms with Crippen molar-refractivity contribution in [3.8, 4) is 0 Å². The van der Waals surface area contributed by atoms with Crippen molar-refractivity contribution < 1.29 is 9.90 Å². The van der Waals surface area contributed by atoms with E-state index in [1.165, 1.54) is 32.1 Å². The van der Waals surface area contributed by atoms with E-state index in [2.05, 4.69) is 27.7 Å². The summed E-state index contributed by atoms with van der Waals surface area (Å²) in [5.41, 5.74) is 0.0799. The average molecular weight is 304 g/mol. The van der Waals surface area contributed by atoms with Gasteiger partial charge in [-0.25, -0.2) is 0 Å². The van der Waals surface area contributed by atoms with Crippen LogP contribution in [0.2, 0.25) is 0 Å². The predicted octanol–water partition coefficient (Wildman–Crippen LogP) is 4.35. The number of hydrogen-bond acceptors (Lipinski definition) is 2. The normalized spacial score (nSPS) is 56.4. The zero-order valence-corrected chi connectivity index (χ0v) is 14.7. The molecule has 1 spiro atoms. The van der Waals surface area contributed by atoms with Crippen LogP contribution in [-0.2, 0) is 4.79 Å². The number of carbonyl (C=O) groups excluding carboxylic acids is 1. The molecule has 0 aliphatic heterocycles. The highest BCUT2D eigenvalue weighted by Gasteiger charge is 2.66. The van der Waals surface area contributed by atoms with E-state index < -0.39 is 5.60 Å². The number of Topliss-reactive ketones (excluding diaryl/α,β-unsaturated/α-hetero) is 1. The van der Waals surface area contributed by atoms with Crippen molar-refractivity contribution in [2.24, 2.45) is 34.0 Å². The molecule has 5 aliphatic rings. The Morgan fingerprint density at radius 3 is 2.36 bits per heavy atom. The summed E-state index contributed by atoms with van der Waals surface area (Å²) in [6, 6.07) is 0. The molecule has 0 aromatic carbocycles. The third-order valence-corrected chi connectivity index (χ3v) is 8.84. The molecule has 1 N–H and O–H groups in total. The maximum Gasteiger partial charge on any atom is 0.138 e. The van der Waals surface area contributed by atoms with E-state index in [4.69, 9.17) is 0 Å². The summed E-state index contributed by atoms with van der Waals surface area (Å²) in [7, 11) is 0. The molecule has 22 heavy (non-hydrogen) atoms. The Kier molecular flexibility index (Phi) is 2.88. The van der Waals surface area contributed by atoms with Crippen molar-refractivity contribution in [3.63, 3.8) is 0 Å². The van der Waals surface area contributed by atoms with E-state index in [0.717, 1.165) is 25.2 Å². The summed E-state index contributed by atoms with van der Waals surface area (Å²) in [6.07, 6.45) is 9.01. The SMILES string of the molecule is CC1(O)CC23CCC1CC2C1(C)CCC(=O)C(C)(C)C1CC3. The second kappa shape index (κ2) is 4.18. The molecular formula is C20H32O2. The first-order valence-electron chi connectivity index (χ1n) is 9.38. The molecule has 0 heterocycles. The van der Waals surface area contributed by atoms with Gasteiger partial charge in [0.25, 0.3) is 0 Å². The zero-order valence-electron chi connectivity index (χ0n) is 14.7. The Balaban J connectivity index is 1.75. The molecule has 0 aromatic rings. The van der Waals surface area contributed by atoms with Crippen LogP contribution in [0.1, 0.15) is 79.1 Å². The molecule has 0 aromatic heterocycles. The van der Waals surface area contributed by atoms with Crippen LogP contribution in [-0.4, -0.2) is 16.5 Å². The summed E-state index contributed by atoms with van der Waals surface area (Å²) >= 11 is 0. The Labute approximate surface area is 135 Å². The fourth-order valence-electron chi connectivity index (χ4n) is 7.72. The standard InChI is InChI=1S/C20H32O2/c1-17(2)14-6-10-20-9-5-13(19(4,22)12-20)11-15(20)18(14,3)8-7-16(17)21/h13-15,22H,5-12H2,1-4H3. The third kappa shape index (κ3) is 1.68. The van der Waals surface area contributed by atoms with Crippen molar-refractivity contribution in [1.82, 2.24) is 0 Å². The highest BCUT2D eigenvalue weighted by molar-refractivity contribution is 5.85. The van der Waals surface area contributed by atoms with Crippen LogP contribution >= 0.6 is 0 Å². The van der Waals surface area contributed by atoms with Crippen molar-refractivity contribution >= 4 is 5.78 Å². The van der Waals surface area contributed by atoms with E-state index in [-0.39, 0.29) is 5.41 Å². The monoisotopic (exact) mass is 304 g/mol. The molecule has 6 atom stereocenters. The second-order valence-electron chi connectivity index (χ2n) is 10.2. The van der Waals surface area contributed by atoms with Crippen LogP contribution in [0.15, 0.2) is 0 Å². The van der Waals surface area contributed by atoms with Gasteiger partial charge < -0.3 is 5.11 Å².